The first-order valence-corrected chi connectivity index (χ1v) is 8.10. The summed E-state index contributed by atoms with van der Waals surface area (Å²) in [7, 11) is 0. The number of nitrogen functional groups attached to an aromatic ring is 1. The summed E-state index contributed by atoms with van der Waals surface area (Å²) >= 11 is 0. The Labute approximate surface area is 126 Å². The first-order valence-electron chi connectivity index (χ1n) is 8.10. The first-order chi connectivity index (χ1) is 10.1. The van der Waals surface area contributed by atoms with Crippen LogP contribution in [-0.4, -0.2) is 28.0 Å². The summed E-state index contributed by atoms with van der Waals surface area (Å²) in [6.45, 7) is 7.95. The monoisotopic (exact) mass is 286 g/mol. The number of piperidine rings is 1. The standard InChI is InChI=1S/C17H26N4/c1-3-17(4-2)7-9-21(10-8-17)12-16-19-14-6-5-13(18)11-15(14)20-16/h5-6,11H,3-4,7-10,12,18H2,1-2H3,(H,19,20). The van der Waals surface area contributed by atoms with Crippen LogP contribution in [0.1, 0.15) is 45.4 Å². The summed E-state index contributed by atoms with van der Waals surface area (Å²) in [4.78, 5) is 10.6. The van der Waals surface area contributed by atoms with Crippen LogP contribution in [0.2, 0.25) is 0 Å². The molecule has 2 heterocycles. The largest absolute Gasteiger partial charge is 0.399 e. The molecule has 1 aliphatic heterocycles. The zero-order valence-corrected chi connectivity index (χ0v) is 13.2. The van der Waals surface area contributed by atoms with E-state index in [2.05, 4.69) is 28.7 Å². The summed E-state index contributed by atoms with van der Waals surface area (Å²) in [6, 6.07) is 5.85. The van der Waals surface area contributed by atoms with E-state index < -0.39 is 0 Å². The highest BCUT2D eigenvalue weighted by Crippen LogP contribution is 2.38. The number of imidazole rings is 1. The lowest BCUT2D eigenvalue weighted by Gasteiger charge is -2.40. The number of benzene rings is 1. The van der Waals surface area contributed by atoms with Crippen molar-refractivity contribution in [3.05, 3.63) is 24.0 Å². The van der Waals surface area contributed by atoms with Crippen molar-refractivity contribution >= 4 is 16.7 Å². The molecule has 21 heavy (non-hydrogen) atoms. The minimum atomic E-state index is 0.582. The summed E-state index contributed by atoms with van der Waals surface area (Å²) in [6.07, 6.45) is 5.24. The normalized spacial score (nSPS) is 19.1. The number of rotatable bonds is 4. The maximum atomic E-state index is 5.82. The van der Waals surface area contributed by atoms with Gasteiger partial charge in [0.15, 0.2) is 0 Å². The Morgan fingerprint density at radius 2 is 1.95 bits per heavy atom. The van der Waals surface area contributed by atoms with Gasteiger partial charge >= 0.3 is 0 Å². The maximum absolute atomic E-state index is 5.82. The number of nitrogens with zero attached hydrogens (tertiary/aromatic N) is 2. The predicted molar refractivity (Wildman–Crippen MR) is 88.0 cm³/mol. The van der Waals surface area contributed by atoms with Crippen molar-refractivity contribution in [2.45, 2.75) is 46.1 Å². The third-order valence-electron chi connectivity index (χ3n) is 5.35. The van der Waals surface area contributed by atoms with E-state index in [1.165, 1.54) is 38.8 Å². The van der Waals surface area contributed by atoms with Crippen LogP contribution in [0.25, 0.3) is 11.0 Å². The van der Waals surface area contributed by atoms with Crippen LogP contribution in [0.15, 0.2) is 18.2 Å². The Kier molecular flexibility index (Phi) is 3.89. The summed E-state index contributed by atoms with van der Waals surface area (Å²) in [5.74, 6) is 1.05. The Hall–Kier alpha value is -1.55. The van der Waals surface area contributed by atoms with Crippen molar-refractivity contribution in [3.8, 4) is 0 Å². The van der Waals surface area contributed by atoms with E-state index in [0.29, 0.717) is 5.41 Å². The lowest BCUT2D eigenvalue weighted by molar-refractivity contribution is 0.0894. The van der Waals surface area contributed by atoms with Crippen LogP contribution in [0.3, 0.4) is 0 Å². The number of nitrogens with two attached hydrogens (primary N) is 1. The maximum Gasteiger partial charge on any atom is 0.121 e. The quantitative estimate of drug-likeness (QED) is 0.845. The molecular weight excluding hydrogens is 260 g/mol. The van der Waals surface area contributed by atoms with Crippen LogP contribution in [-0.2, 0) is 6.54 Å². The summed E-state index contributed by atoms with van der Waals surface area (Å²) in [5, 5.41) is 0. The molecule has 114 valence electrons. The molecular formula is C17H26N4. The number of likely N-dealkylation sites (tertiary alicyclic amines) is 1. The van der Waals surface area contributed by atoms with Gasteiger partial charge in [0.1, 0.15) is 5.82 Å². The highest BCUT2D eigenvalue weighted by molar-refractivity contribution is 5.78. The van der Waals surface area contributed by atoms with Gasteiger partial charge in [-0.15, -0.1) is 0 Å². The van der Waals surface area contributed by atoms with Gasteiger partial charge in [-0.25, -0.2) is 4.98 Å². The first kappa shape index (κ1) is 14.4. The number of H-pyrrole nitrogens is 1. The van der Waals surface area contributed by atoms with Gasteiger partial charge in [0.2, 0.25) is 0 Å². The average molecular weight is 286 g/mol. The van der Waals surface area contributed by atoms with Gasteiger partial charge in [0.25, 0.3) is 0 Å². The van der Waals surface area contributed by atoms with Gasteiger partial charge in [-0.3, -0.25) is 4.90 Å². The molecule has 2 aromatic rings. The van der Waals surface area contributed by atoms with Crippen LogP contribution >= 0.6 is 0 Å². The minimum absolute atomic E-state index is 0.582. The van der Waals surface area contributed by atoms with Gasteiger partial charge in [0.05, 0.1) is 17.6 Å². The number of hydrogen-bond acceptors (Lipinski definition) is 3. The van der Waals surface area contributed by atoms with Crippen molar-refractivity contribution in [1.82, 2.24) is 14.9 Å². The number of anilines is 1. The van der Waals surface area contributed by atoms with E-state index in [1.807, 2.05) is 18.2 Å². The molecule has 3 N–H and O–H groups in total. The molecule has 0 atom stereocenters. The second kappa shape index (κ2) is 5.68. The molecule has 3 rings (SSSR count). The van der Waals surface area contributed by atoms with Crippen LogP contribution in [0.4, 0.5) is 5.69 Å². The topological polar surface area (TPSA) is 57.9 Å². The molecule has 1 saturated heterocycles. The zero-order valence-electron chi connectivity index (χ0n) is 13.2. The Morgan fingerprint density at radius 1 is 1.24 bits per heavy atom. The van der Waals surface area contributed by atoms with E-state index >= 15 is 0 Å². The predicted octanol–water partition coefficient (Wildman–Crippen LogP) is 3.55. The molecule has 1 aromatic heterocycles. The Morgan fingerprint density at radius 3 is 2.62 bits per heavy atom. The molecule has 1 fully saturated rings. The van der Waals surface area contributed by atoms with E-state index in [-0.39, 0.29) is 0 Å². The van der Waals surface area contributed by atoms with E-state index in [1.54, 1.807) is 0 Å². The van der Waals surface area contributed by atoms with Crippen LogP contribution in [0.5, 0.6) is 0 Å². The lowest BCUT2D eigenvalue weighted by Crippen LogP contribution is -2.39. The number of hydrogen-bond donors (Lipinski definition) is 2. The molecule has 0 spiro atoms. The molecule has 0 saturated carbocycles. The number of fused-ring (bicyclic) bond motifs is 1. The smallest absolute Gasteiger partial charge is 0.121 e. The molecule has 4 heteroatoms. The van der Waals surface area contributed by atoms with Crippen LogP contribution < -0.4 is 5.73 Å². The van der Waals surface area contributed by atoms with Gasteiger partial charge in [0, 0.05) is 5.69 Å². The van der Waals surface area contributed by atoms with Crippen molar-refractivity contribution in [2.24, 2.45) is 5.41 Å². The average Bonchev–Trinajstić information content (AvgIpc) is 2.90. The molecule has 0 aliphatic carbocycles. The Bertz CT molecular complexity index is 602. The van der Waals surface area contributed by atoms with E-state index in [4.69, 9.17) is 5.73 Å². The van der Waals surface area contributed by atoms with Gasteiger partial charge in [-0.05, 0) is 49.5 Å². The van der Waals surface area contributed by atoms with Crippen molar-refractivity contribution in [2.75, 3.05) is 18.8 Å². The third-order valence-corrected chi connectivity index (χ3v) is 5.35. The second-order valence-electron chi connectivity index (χ2n) is 6.44. The van der Waals surface area contributed by atoms with Crippen molar-refractivity contribution in [3.63, 3.8) is 0 Å². The molecule has 0 unspecified atom stereocenters. The zero-order chi connectivity index (χ0) is 14.9. The third kappa shape index (κ3) is 2.91. The fraction of sp³-hybridized carbons (Fsp3) is 0.588. The van der Waals surface area contributed by atoms with Gasteiger partial charge < -0.3 is 10.7 Å². The highest BCUT2D eigenvalue weighted by Gasteiger charge is 2.31. The lowest BCUT2D eigenvalue weighted by atomic mass is 9.74. The number of aromatic amines is 1. The van der Waals surface area contributed by atoms with Gasteiger partial charge in [-0.2, -0.15) is 0 Å². The van der Waals surface area contributed by atoms with Crippen molar-refractivity contribution in [1.29, 1.82) is 0 Å². The molecule has 4 nitrogen and oxygen atoms in total. The summed E-state index contributed by atoms with van der Waals surface area (Å²) in [5.41, 5.74) is 9.23. The number of nitrogens with one attached hydrogen (secondary N) is 1. The van der Waals surface area contributed by atoms with Gasteiger partial charge in [-0.1, -0.05) is 26.7 Å². The molecule has 0 radical (unpaired) electrons. The highest BCUT2D eigenvalue weighted by atomic mass is 15.2. The SMILES string of the molecule is CCC1(CC)CCN(Cc2nc3ccc(N)cc3[nH]2)CC1. The fourth-order valence-corrected chi connectivity index (χ4v) is 3.51. The fourth-order valence-electron chi connectivity index (χ4n) is 3.51. The van der Waals surface area contributed by atoms with Crippen LogP contribution in [0, 0.1) is 5.41 Å². The van der Waals surface area contributed by atoms with Crippen molar-refractivity contribution < 1.29 is 0 Å². The Balaban J connectivity index is 1.66. The minimum Gasteiger partial charge on any atom is -0.399 e. The second-order valence-corrected chi connectivity index (χ2v) is 6.44. The molecule has 1 aliphatic rings. The number of aromatic nitrogens is 2. The molecule has 0 bridgehead atoms. The summed E-state index contributed by atoms with van der Waals surface area (Å²) < 4.78 is 0. The molecule has 1 aromatic carbocycles. The van der Waals surface area contributed by atoms with E-state index in [9.17, 15) is 0 Å². The van der Waals surface area contributed by atoms with E-state index in [0.717, 1.165) is 29.1 Å². The molecule has 0 amide bonds.